The van der Waals surface area contributed by atoms with Gasteiger partial charge in [-0.05, 0) is 30.5 Å². The third-order valence-electron chi connectivity index (χ3n) is 2.67. The second kappa shape index (κ2) is 7.01. The molecule has 0 saturated carbocycles. The highest BCUT2D eigenvalue weighted by molar-refractivity contribution is 5.80. The van der Waals surface area contributed by atoms with E-state index in [1.807, 2.05) is 24.3 Å². The van der Waals surface area contributed by atoms with Crippen LogP contribution < -0.4 is 15.8 Å². The lowest BCUT2D eigenvalue weighted by atomic mass is 10.0. The quantitative estimate of drug-likeness (QED) is 0.807. The molecule has 0 aromatic heterocycles. The molecule has 4 nitrogen and oxygen atoms in total. The fourth-order valence-corrected chi connectivity index (χ4v) is 1.53. The lowest BCUT2D eigenvalue weighted by Gasteiger charge is -2.15. The average Bonchev–Trinajstić information content (AvgIpc) is 2.36. The molecule has 0 aliphatic rings. The van der Waals surface area contributed by atoms with E-state index in [9.17, 15) is 4.79 Å². The van der Waals surface area contributed by atoms with Gasteiger partial charge in [0.2, 0.25) is 0 Å². The number of hydrogen-bond acceptors (Lipinski definition) is 3. The molecule has 0 heterocycles. The van der Waals surface area contributed by atoms with Crippen LogP contribution in [-0.4, -0.2) is 25.1 Å². The molecular formula is C14H22N2O2. The lowest BCUT2D eigenvalue weighted by molar-refractivity contribution is -0.127. The van der Waals surface area contributed by atoms with Gasteiger partial charge >= 0.3 is 0 Å². The molecule has 1 rings (SSSR count). The van der Waals surface area contributed by atoms with Crippen molar-refractivity contribution < 1.29 is 9.53 Å². The second-order valence-corrected chi connectivity index (χ2v) is 4.56. The number of benzene rings is 1. The minimum atomic E-state index is -0.513. The highest BCUT2D eigenvalue weighted by Crippen LogP contribution is 2.19. The normalized spacial score (nSPS) is 12.3. The molecule has 100 valence electrons. The van der Waals surface area contributed by atoms with Crippen LogP contribution in [-0.2, 0) is 4.79 Å². The molecule has 0 bridgehead atoms. The van der Waals surface area contributed by atoms with E-state index in [1.165, 1.54) is 5.56 Å². The first kappa shape index (κ1) is 14.5. The van der Waals surface area contributed by atoms with Crippen molar-refractivity contribution in [2.45, 2.75) is 32.8 Å². The van der Waals surface area contributed by atoms with E-state index in [4.69, 9.17) is 10.5 Å². The Labute approximate surface area is 109 Å². The molecule has 1 aromatic rings. The smallest absolute Gasteiger partial charge is 0.260 e. The highest BCUT2D eigenvalue weighted by atomic mass is 16.5. The summed E-state index contributed by atoms with van der Waals surface area (Å²) >= 11 is 0. The predicted molar refractivity (Wildman–Crippen MR) is 72.7 cm³/mol. The van der Waals surface area contributed by atoms with Crippen molar-refractivity contribution >= 4 is 5.91 Å². The van der Waals surface area contributed by atoms with Crippen molar-refractivity contribution in [1.82, 2.24) is 5.32 Å². The van der Waals surface area contributed by atoms with Crippen LogP contribution in [0.2, 0.25) is 0 Å². The standard InChI is InChI=1S/C14H22N2O2/c1-10(2)12-4-6-13(7-5-12)18-11(3)14(17)16-9-8-15/h4-7,10-11H,8-9,15H2,1-3H3,(H,16,17). The number of carbonyl (C=O) groups excluding carboxylic acids is 1. The first-order chi connectivity index (χ1) is 8.54. The Morgan fingerprint density at radius 2 is 1.89 bits per heavy atom. The Hall–Kier alpha value is -1.55. The number of carbonyl (C=O) groups is 1. The van der Waals surface area contributed by atoms with Gasteiger partial charge in [0, 0.05) is 13.1 Å². The van der Waals surface area contributed by atoms with Crippen molar-refractivity contribution in [2.24, 2.45) is 5.73 Å². The fraction of sp³-hybridized carbons (Fsp3) is 0.500. The summed E-state index contributed by atoms with van der Waals surface area (Å²) in [5.41, 5.74) is 6.57. The minimum Gasteiger partial charge on any atom is -0.481 e. The van der Waals surface area contributed by atoms with E-state index in [-0.39, 0.29) is 5.91 Å². The zero-order valence-corrected chi connectivity index (χ0v) is 11.3. The van der Waals surface area contributed by atoms with Crippen molar-refractivity contribution in [3.8, 4) is 5.75 Å². The largest absolute Gasteiger partial charge is 0.481 e. The van der Waals surface area contributed by atoms with Crippen LogP contribution in [0.1, 0.15) is 32.3 Å². The maximum absolute atomic E-state index is 11.6. The van der Waals surface area contributed by atoms with Gasteiger partial charge in [0.15, 0.2) is 6.10 Å². The van der Waals surface area contributed by atoms with Gasteiger partial charge in [-0.2, -0.15) is 0 Å². The molecule has 1 unspecified atom stereocenters. The zero-order valence-electron chi connectivity index (χ0n) is 11.3. The monoisotopic (exact) mass is 250 g/mol. The summed E-state index contributed by atoms with van der Waals surface area (Å²) in [6.07, 6.45) is -0.513. The van der Waals surface area contributed by atoms with Gasteiger partial charge in [0.1, 0.15) is 5.75 Å². The summed E-state index contributed by atoms with van der Waals surface area (Å²) in [5.74, 6) is 1.05. The lowest BCUT2D eigenvalue weighted by Crippen LogP contribution is -2.38. The van der Waals surface area contributed by atoms with Crippen LogP contribution in [0.25, 0.3) is 0 Å². The molecule has 0 saturated heterocycles. The number of ether oxygens (including phenoxy) is 1. The van der Waals surface area contributed by atoms with E-state index < -0.39 is 6.10 Å². The van der Waals surface area contributed by atoms with Gasteiger partial charge in [-0.1, -0.05) is 26.0 Å². The molecule has 1 amide bonds. The van der Waals surface area contributed by atoms with Crippen LogP contribution in [0.5, 0.6) is 5.75 Å². The summed E-state index contributed by atoms with van der Waals surface area (Å²) < 4.78 is 5.56. The minimum absolute atomic E-state index is 0.145. The van der Waals surface area contributed by atoms with Gasteiger partial charge in [-0.3, -0.25) is 4.79 Å². The highest BCUT2D eigenvalue weighted by Gasteiger charge is 2.13. The van der Waals surface area contributed by atoms with Gasteiger partial charge in [0.25, 0.3) is 5.91 Å². The van der Waals surface area contributed by atoms with Gasteiger partial charge in [-0.25, -0.2) is 0 Å². The first-order valence-corrected chi connectivity index (χ1v) is 6.29. The Morgan fingerprint density at radius 3 is 2.39 bits per heavy atom. The summed E-state index contributed by atoms with van der Waals surface area (Å²) in [4.78, 5) is 11.6. The third kappa shape index (κ3) is 4.37. The van der Waals surface area contributed by atoms with E-state index >= 15 is 0 Å². The molecule has 0 radical (unpaired) electrons. The van der Waals surface area contributed by atoms with E-state index in [1.54, 1.807) is 6.92 Å². The van der Waals surface area contributed by atoms with E-state index in [0.717, 1.165) is 0 Å². The fourth-order valence-electron chi connectivity index (χ4n) is 1.53. The summed E-state index contributed by atoms with van der Waals surface area (Å²) in [6.45, 7) is 6.90. The molecule has 0 spiro atoms. The van der Waals surface area contributed by atoms with Gasteiger partial charge < -0.3 is 15.8 Å². The van der Waals surface area contributed by atoms with E-state index in [0.29, 0.717) is 24.8 Å². The van der Waals surface area contributed by atoms with Crippen molar-refractivity contribution in [3.63, 3.8) is 0 Å². The van der Waals surface area contributed by atoms with Crippen LogP contribution in [0.3, 0.4) is 0 Å². The maximum atomic E-state index is 11.6. The maximum Gasteiger partial charge on any atom is 0.260 e. The van der Waals surface area contributed by atoms with Gasteiger partial charge in [-0.15, -0.1) is 0 Å². The zero-order chi connectivity index (χ0) is 13.5. The molecular weight excluding hydrogens is 228 g/mol. The van der Waals surface area contributed by atoms with Crippen LogP contribution in [0.15, 0.2) is 24.3 Å². The Balaban J connectivity index is 2.53. The number of amides is 1. The molecule has 1 atom stereocenters. The van der Waals surface area contributed by atoms with Crippen LogP contribution in [0.4, 0.5) is 0 Å². The topological polar surface area (TPSA) is 64.3 Å². The molecule has 0 fully saturated rings. The van der Waals surface area contributed by atoms with E-state index in [2.05, 4.69) is 19.2 Å². The average molecular weight is 250 g/mol. The molecule has 1 aromatic carbocycles. The summed E-state index contributed by atoms with van der Waals surface area (Å²) in [7, 11) is 0. The number of hydrogen-bond donors (Lipinski definition) is 2. The SMILES string of the molecule is CC(Oc1ccc(C(C)C)cc1)C(=O)NCCN. The van der Waals surface area contributed by atoms with Crippen molar-refractivity contribution in [3.05, 3.63) is 29.8 Å². The van der Waals surface area contributed by atoms with Crippen LogP contribution in [0, 0.1) is 0 Å². The number of nitrogens with two attached hydrogens (primary N) is 1. The first-order valence-electron chi connectivity index (χ1n) is 6.29. The second-order valence-electron chi connectivity index (χ2n) is 4.56. The molecule has 0 aliphatic heterocycles. The van der Waals surface area contributed by atoms with Gasteiger partial charge in [0.05, 0.1) is 0 Å². The van der Waals surface area contributed by atoms with Crippen molar-refractivity contribution in [2.75, 3.05) is 13.1 Å². The predicted octanol–water partition coefficient (Wildman–Crippen LogP) is 1.65. The van der Waals surface area contributed by atoms with Crippen molar-refractivity contribution in [1.29, 1.82) is 0 Å². The third-order valence-corrected chi connectivity index (χ3v) is 2.67. The summed E-state index contributed by atoms with van der Waals surface area (Å²) in [5, 5.41) is 2.69. The number of rotatable bonds is 6. The molecule has 4 heteroatoms. The molecule has 18 heavy (non-hydrogen) atoms. The Bertz CT molecular complexity index is 374. The molecule has 3 N–H and O–H groups in total. The van der Waals surface area contributed by atoms with Crippen LogP contribution >= 0.6 is 0 Å². The summed E-state index contributed by atoms with van der Waals surface area (Å²) in [6, 6.07) is 7.82. The number of nitrogens with one attached hydrogen (secondary N) is 1. The Morgan fingerprint density at radius 1 is 1.28 bits per heavy atom. The Kier molecular flexibility index (Phi) is 5.65. The molecule has 0 aliphatic carbocycles.